The molecule has 0 aromatic heterocycles. The molecule has 1 heterocycles. The zero-order chi connectivity index (χ0) is 22.1. The third kappa shape index (κ3) is 6.72. The van der Waals surface area contributed by atoms with Crippen molar-refractivity contribution < 1.29 is 14.3 Å². The minimum Gasteiger partial charge on any atom is -0.496 e. The fraction of sp³-hybridized carbons (Fsp3) is 0.417. The Balaban J connectivity index is 1.51. The number of rotatable bonds is 8. The molecule has 0 bridgehead atoms. The van der Waals surface area contributed by atoms with Gasteiger partial charge in [-0.05, 0) is 49.1 Å². The maximum Gasteiger partial charge on any atom is 0.251 e. The van der Waals surface area contributed by atoms with Crippen molar-refractivity contribution in [2.45, 2.75) is 39.0 Å². The standard InChI is InChI=1S/C24H32N4O3/c1-17-9-10-20(22(12-17)30-3)15-28-24(25-2)27-14-18-6-4-7-19(13-18)23(29)26-16-21-8-5-11-31-21/h4,6-7,9-10,12-13,21H,5,8,11,14-16H2,1-3H3,(H,26,29)(H2,25,27,28). The fourth-order valence-corrected chi connectivity index (χ4v) is 3.52. The van der Waals surface area contributed by atoms with Gasteiger partial charge < -0.3 is 25.4 Å². The number of ether oxygens (including phenoxy) is 2. The summed E-state index contributed by atoms with van der Waals surface area (Å²) in [5.41, 5.74) is 3.86. The third-order valence-corrected chi connectivity index (χ3v) is 5.28. The number of nitrogens with zero attached hydrogens (tertiary/aromatic N) is 1. The second kappa shape index (κ2) is 11.4. The molecule has 1 saturated heterocycles. The summed E-state index contributed by atoms with van der Waals surface area (Å²) in [4.78, 5) is 16.7. The van der Waals surface area contributed by atoms with Gasteiger partial charge in [-0.2, -0.15) is 0 Å². The van der Waals surface area contributed by atoms with E-state index in [2.05, 4.69) is 27.0 Å². The van der Waals surface area contributed by atoms with Gasteiger partial charge >= 0.3 is 0 Å². The van der Waals surface area contributed by atoms with Crippen molar-refractivity contribution in [1.29, 1.82) is 0 Å². The zero-order valence-electron chi connectivity index (χ0n) is 18.5. The van der Waals surface area contributed by atoms with E-state index >= 15 is 0 Å². The van der Waals surface area contributed by atoms with E-state index in [9.17, 15) is 4.79 Å². The molecule has 166 valence electrons. The van der Waals surface area contributed by atoms with Crippen LogP contribution in [0, 0.1) is 6.92 Å². The number of carbonyl (C=O) groups excluding carboxylic acids is 1. The number of hydrogen-bond donors (Lipinski definition) is 3. The van der Waals surface area contributed by atoms with Gasteiger partial charge in [0.05, 0.1) is 13.2 Å². The van der Waals surface area contributed by atoms with Crippen LogP contribution in [0.3, 0.4) is 0 Å². The summed E-state index contributed by atoms with van der Waals surface area (Å²) < 4.78 is 11.0. The number of amides is 1. The Bertz CT molecular complexity index is 907. The predicted octanol–water partition coefficient (Wildman–Crippen LogP) is 2.78. The van der Waals surface area contributed by atoms with E-state index in [-0.39, 0.29) is 12.0 Å². The Kier molecular flexibility index (Phi) is 8.29. The molecule has 0 spiro atoms. The lowest BCUT2D eigenvalue weighted by molar-refractivity contribution is 0.0857. The number of nitrogens with one attached hydrogen (secondary N) is 3. The first-order chi connectivity index (χ1) is 15.1. The van der Waals surface area contributed by atoms with Crippen molar-refractivity contribution in [2.24, 2.45) is 4.99 Å². The fourth-order valence-electron chi connectivity index (χ4n) is 3.52. The van der Waals surface area contributed by atoms with Crippen LogP contribution in [0.25, 0.3) is 0 Å². The Hall–Kier alpha value is -3.06. The van der Waals surface area contributed by atoms with E-state index in [4.69, 9.17) is 9.47 Å². The molecule has 1 amide bonds. The molecular formula is C24H32N4O3. The first kappa shape index (κ1) is 22.6. The second-order valence-corrected chi connectivity index (χ2v) is 7.64. The van der Waals surface area contributed by atoms with Crippen molar-refractivity contribution in [2.75, 3.05) is 27.3 Å². The molecular weight excluding hydrogens is 392 g/mol. The number of aliphatic imine (C=N–C) groups is 1. The molecule has 7 nitrogen and oxygen atoms in total. The van der Waals surface area contributed by atoms with Crippen molar-refractivity contribution in [3.63, 3.8) is 0 Å². The molecule has 2 aromatic carbocycles. The van der Waals surface area contributed by atoms with Crippen LogP contribution < -0.4 is 20.7 Å². The van der Waals surface area contributed by atoms with Gasteiger partial charge in [0.2, 0.25) is 0 Å². The molecule has 7 heteroatoms. The number of methoxy groups -OCH3 is 1. The molecule has 1 unspecified atom stereocenters. The Morgan fingerprint density at radius 2 is 2.00 bits per heavy atom. The normalized spacial score (nSPS) is 16.1. The van der Waals surface area contributed by atoms with Crippen LogP contribution in [-0.2, 0) is 17.8 Å². The van der Waals surface area contributed by atoms with Crippen LogP contribution in [0.5, 0.6) is 5.75 Å². The second-order valence-electron chi connectivity index (χ2n) is 7.64. The Labute approximate surface area is 184 Å². The first-order valence-corrected chi connectivity index (χ1v) is 10.7. The van der Waals surface area contributed by atoms with Crippen LogP contribution in [0.2, 0.25) is 0 Å². The van der Waals surface area contributed by atoms with Crippen LogP contribution in [0.1, 0.15) is 39.9 Å². The van der Waals surface area contributed by atoms with Gasteiger partial charge in [-0.1, -0.05) is 24.3 Å². The maximum atomic E-state index is 12.5. The maximum absolute atomic E-state index is 12.5. The van der Waals surface area contributed by atoms with Crippen LogP contribution in [0.4, 0.5) is 0 Å². The summed E-state index contributed by atoms with van der Waals surface area (Å²) in [6.45, 7) is 4.53. The SMILES string of the molecule is CN=C(NCc1cccc(C(=O)NCC2CCCO2)c1)NCc1ccc(C)cc1OC. The van der Waals surface area contributed by atoms with E-state index in [1.165, 1.54) is 0 Å². The van der Waals surface area contributed by atoms with Crippen molar-refractivity contribution in [3.8, 4) is 5.75 Å². The van der Waals surface area contributed by atoms with Crippen molar-refractivity contribution in [1.82, 2.24) is 16.0 Å². The molecule has 3 rings (SSSR count). The van der Waals surface area contributed by atoms with E-state index in [0.29, 0.717) is 31.2 Å². The van der Waals surface area contributed by atoms with Gasteiger partial charge in [-0.15, -0.1) is 0 Å². The highest BCUT2D eigenvalue weighted by atomic mass is 16.5. The average molecular weight is 425 g/mol. The molecule has 31 heavy (non-hydrogen) atoms. The highest BCUT2D eigenvalue weighted by Crippen LogP contribution is 2.19. The summed E-state index contributed by atoms with van der Waals surface area (Å²) in [5, 5.41) is 9.56. The summed E-state index contributed by atoms with van der Waals surface area (Å²) >= 11 is 0. The average Bonchev–Trinajstić information content (AvgIpc) is 3.32. The molecule has 2 aromatic rings. The molecule has 1 fully saturated rings. The van der Waals surface area contributed by atoms with Crippen molar-refractivity contribution in [3.05, 3.63) is 64.7 Å². The summed E-state index contributed by atoms with van der Waals surface area (Å²) in [7, 11) is 3.41. The number of guanidine groups is 1. The summed E-state index contributed by atoms with van der Waals surface area (Å²) in [5.74, 6) is 1.45. The van der Waals surface area contributed by atoms with Gasteiger partial charge in [-0.3, -0.25) is 9.79 Å². The van der Waals surface area contributed by atoms with Gasteiger partial charge in [0.25, 0.3) is 5.91 Å². The lowest BCUT2D eigenvalue weighted by atomic mass is 10.1. The molecule has 0 saturated carbocycles. The predicted molar refractivity (Wildman–Crippen MR) is 123 cm³/mol. The molecule has 1 aliphatic rings. The molecule has 0 aliphatic carbocycles. The van der Waals surface area contributed by atoms with E-state index in [0.717, 1.165) is 41.9 Å². The summed E-state index contributed by atoms with van der Waals surface area (Å²) in [6, 6.07) is 13.7. The number of hydrogen-bond acceptors (Lipinski definition) is 4. The highest BCUT2D eigenvalue weighted by molar-refractivity contribution is 5.94. The van der Waals surface area contributed by atoms with Crippen LogP contribution in [0.15, 0.2) is 47.5 Å². The van der Waals surface area contributed by atoms with Gasteiger partial charge in [-0.25, -0.2) is 0 Å². The van der Waals surface area contributed by atoms with E-state index in [1.807, 2.05) is 43.3 Å². The zero-order valence-corrected chi connectivity index (χ0v) is 18.5. The summed E-state index contributed by atoms with van der Waals surface area (Å²) in [6.07, 6.45) is 2.20. The smallest absolute Gasteiger partial charge is 0.251 e. The molecule has 1 atom stereocenters. The Morgan fingerprint density at radius 3 is 2.74 bits per heavy atom. The lowest BCUT2D eigenvalue weighted by Gasteiger charge is -2.15. The lowest BCUT2D eigenvalue weighted by Crippen LogP contribution is -2.36. The largest absolute Gasteiger partial charge is 0.496 e. The van der Waals surface area contributed by atoms with E-state index in [1.54, 1.807) is 14.2 Å². The van der Waals surface area contributed by atoms with Crippen molar-refractivity contribution >= 4 is 11.9 Å². The monoisotopic (exact) mass is 424 g/mol. The first-order valence-electron chi connectivity index (χ1n) is 10.7. The molecule has 0 radical (unpaired) electrons. The molecule has 1 aliphatic heterocycles. The van der Waals surface area contributed by atoms with Gasteiger partial charge in [0.1, 0.15) is 5.75 Å². The molecule has 3 N–H and O–H groups in total. The van der Waals surface area contributed by atoms with Crippen LogP contribution in [-0.4, -0.2) is 45.3 Å². The van der Waals surface area contributed by atoms with Crippen LogP contribution >= 0.6 is 0 Å². The number of benzene rings is 2. The van der Waals surface area contributed by atoms with Gasteiger partial charge in [0.15, 0.2) is 5.96 Å². The minimum atomic E-state index is -0.0775. The van der Waals surface area contributed by atoms with E-state index < -0.39 is 0 Å². The quantitative estimate of drug-likeness (QED) is 0.448. The topological polar surface area (TPSA) is 84.0 Å². The number of carbonyl (C=O) groups is 1. The highest BCUT2D eigenvalue weighted by Gasteiger charge is 2.16. The number of aryl methyl sites for hydroxylation is 1. The third-order valence-electron chi connectivity index (χ3n) is 5.28. The Morgan fingerprint density at radius 1 is 1.16 bits per heavy atom. The minimum absolute atomic E-state index is 0.0775. The van der Waals surface area contributed by atoms with Gasteiger partial charge in [0, 0.05) is 44.4 Å².